The van der Waals surface area contributed by atoms with Gasteiger partial charge in [0, 0.05) is 35.2 Å². The molecule has 0 aliphatic carbocycles. The number of halogens is 3. The molecule has 1 saturated heterocycles. The molecule has 1 aromatic heterocycles. The monoisotopic (exact) mass is 463 g/mol. The molecule has 1 aliphatic rings. The summed E-state index contributed by atoms with van der Waals surface area (Å²) in [6.45, 7) is 3.40. The highest BCUT2D eigenvalue weighted by atomic mass is 79.9. The standard InChI is InChI=1S/C17H18BrN3OS.2ClH/c18-13-6-7-16(20-12-13)23-15-5-2-1-4-14(15)17(22)21-10-3-8-19-9-11-21;;/h1-2,4-7,12,19H,3,8-11H2;2*1H. The second-order valence-corrected chi connectivity index (χ2v) is 7.29. The van der Waals surface area contributed by atoms with E-state index < -0.39 is 0 Å². The molecule has 8 heteroatoms. The van der Waals surface area contributed by atoms with E-state index in [1.54, 1.807) is 6.20 Å². The van der Waals surface area contributed by atoms with E-state index >= 15 is 0 Å². The molecule has 0 radical (unpaired) electrons. The molecule has 1 fully saturated rings. The quantitative estimate of drug-likeness (QED) is 0.736. The molecule has 1 aliphatic heterocycles. The molecular weight excluding hydrogens is 445 g/mol. The lowest BCUT2D eigenvalue weighted by Crippen LogP contribution is -2.34. The van der Waals surface area contributed by atoms with Crippen molar-refractivity contribution in [3.05, 3.63) is 52.6 Å². The van der Waals surface area contributed by atoms with Gasteiger partial charge in [0.15, 0.2) is 0 Å². The maximum absolute atomic E-state index is 12.9. The summed E-state index contributed by atoms with van der Waals surface area (Å²) in [6.07, 6.45) is 2.77. The zero-order valence-electron chi connectivity index (χ0n) is 13.5. The lowest BCUT2D eigenvalue weighted by atomic mass is 10.2. The van der Waals surface area contributed by atoms with Gasteiger partial charge in [-0.25, -0.2) is 4.98 Å². The Morgan fingerprint density at radius 2 is 1.92 bits per heavy atom. The Kier molecular flexibility index (Phi) is 9.82. The molecule has 2 heterocycles. The SMILES string of the molecule is Cl.Cl.O=C(c1ccccc1Sc1ccc(Br)cn1)N1CCCNCC1. The first-order valence-electron chi connectivity index (χ1n) is 7.62. The predicted octanol–water partition coefficient (Wildman–Crippen LogP) is 4.27. The maximum Gasteiger partial charge on any atom is 0.255 e. The van der Waals surface area contributed by atoms with Crippen molar-refractivity contribution in [2.45, 2.75) is 16.3 Å². The van der Waals surface area contributed by atoms with Gasteiger partial charge in [0.2, 0.25) is 0 Å². The summed E-state index contributed by atoms with van der Waals surface area (Å²) in [5.74, 6) is 0.105. The van der Waals surface area contributed by atoms with Crippen LogP contribution in [-0.2, 0) is 0 Å². The van der Waals surface area contributed by atoms with Crippen LogP contribution in [0.2, 0.25) is 0 Å². The third-order valence-electron chi connectivity index (χ3n) is 3.66. The molecule has 0 saturated carbocycles. The Bertz CT molecular complexity index is 680. The van der Waals surface area contributed by atoms with Crippen LogP contribution in [0.3, 0.4) is 0 Å². The van der Waals surface area contributed by atoms with Crippen LogP contribution in [0, 0.1) is 0 Å². The summed E-state index contributed by atoms with van der Waals surface area (Å²) in [5.41, 5.74) is 0.754. The van der Waals surface area contributed by atoms with Crippen molar-refractivity contribution < 1.29 is 4.79 Å². The molecule has 136 valence electrons. The third kappa shape index (κ3) is 6.15. The molecule has 1 amide bonds. The molecule has 0 unspecified atom stereocenters. The van der Waals surface area contributed by atoms with Crippen molar-refractivity contribution in [1.29, 1.82) is 0 Å². The molecule has 0 spiro atoms. The average molecular weight is 465 g/mol. The normalized spacial score (nSPS) is 14.0. The number of nitrogens with one attached hydrogen (secondary N) is 1. The van der Waals surface area contributed by atoms with Crippen molar-refractivity contribution >= 4 is 58.4 Å². The number of pyridine rings is 1. The maximum atomic E-state index is 12.9. The number of amides is 1. The van der Waals surface area contributed by atoms with E-state index in [2.05, 4.69) is 26.2 Å². The van der Waals surface area contributed by atoms with E-state index in [1.807, 2.05) is 41.3 Å². The lowest BCUT2D eigenvalue weighted by molar-refractivity contribution is 0.0763. The highest BCUT2D eigenvalue weighted by molar-refractivity contribution is 9.10. The highest BCUT2D eigenvalue weighted by Gasteiger charge is 2.20. The zero-order valence-corrected chi connectivity index (χ0v) is 17.5. The molecule has 4 nitrogen and oxygen atoms in total. The number of rotatable bonds is 3. The van der Waals surface area contributed by atoms with Crippen LogP contribution < -0.4 is 5.32 Å². The summed E-state index contributed by atoms with van der Waals surface area (Å²) in [4.78, 5) is 20.1. The van der Waals surface area contributed by atoms with E-state index in [4.69, 9.17) is 0 Å². The fraction of sp³-hybridized carbons (Fsp3) is 0.294. The van der Waals surface area contributed by atoms with Crippen molar-refractivity contribution in [3.63, 3.8) is 0 Å². The van der Waals surface area contributed by atoms with Gasteiger partial charge in [-0.05, 0) is 53.2 Å². The van der Waals surface area contributed by atoms with Gasteiger partial charge in [0.1, 0.15) is 5.03 Å². The van der Waals surface area contributed by atoms with Crippen LogP contribution in [0.4, 0.5) is 0 Å². The fourth-order valence-corrected chi connectivity index (χ4v) is 3.60. The Hall–Kier alpha value is -0.790. The van der Waals surface area contributed by atoms with Crippen LogP contribution >= 0.6 is 52.5 Å². The number of aromatic nitrogens is 1. The largest absolute Gasteiger partial charge is 0.337 e. The summed E-state index contributed by atoms with van der Waals surface area (Å²) in [6, 6.07) is 11.7. The van der Waals surface area contributed by atoms with Crippen molar-refractivity contribution in [2.24, 2.45) is 0 Å². The number of benzene rings is 1. The molecule has 2 aromatic rings. The minimum Gasteiger partial charge on any atom is -0.337 e. The molecule has 1 N–H and O–H groups in total. The lowest BCUT2D eigenvalue weighted by Gasteiger charge is -2.21. The molecular formula is C17H20BrCl2N3OS. The van der Waals surface area contributed by atoms with Gasteiger partial charge in [-0.1, -0.05) is 23.9 Å². The Morgan fingerprint density at radius 1 is 1.12 bits per heavy atom. The fourth-order valence-electron chi connectivity index (χ4n) is 2.49. The van der Waals surface area contributed by atoms with Gasteiger partial charge in [-0.2, -0.15) is 0 Å². The van der Waals surface area contributed by atoms with Crippen LogP contribution in [0.25, 0.3) is 0 Å². The predicted molar refractivity (Wildman–Crippen MR) is 110 cm³/mol. The minimum absolute atomic E-state index is 0. The van der Waals surface area contributed by atoms with E-state index in [1.165, 1.54) is 11.8 Å². The molecule has 0 atom stereocenters. The van der Waals surface area contributed by atoms with E-state index in [-0.39, 0.29) is 30.7 Å². The van der Waals surface area contributed by atoms with Gasteiger partial charge in [-0.3, -0.25) is 4.79 Å². The topological polar surface area (TPSA) is 45.2 Å². The summed E-state index contributed by atoms with van der Waals surface area (Å²) < 4.78 is 0.947. The highest BCUT2D eigenvalue weighted by Crippen LogP contribution is 2.30. The van der Waals surface area contributed by atoms with Crippen LogP contribution in [-0.4, -0.2) is 42.0 Å². The summed E-state index contributed by atoms with van der Waals surface area (Å²) in [5, 5.41) is 4.21. The van der Waals surface area contributed by atoms with Crippen molar-refractivity contribution in [2.75, 3.05) is 26.2 Å². The Labute approximate surface area is 173 Å². The minimum atomic E-state index is 0. The number of hydrogen-bond acceptors (Lipinski definition) is 4. The van der Waals surface area contributed by atoms with E-state index in [0.29, 0.717) is 0 Å². The first kappa shape index (κ1) is 22.3. The smallest absolute Gasteiger partial charge is 0.255 e. The van der Waals surface area contributed by atoms with Crippen molar-refractivity contribution in [3.8, 4) is 0 Å². The van der Waals surface area contributed by atoms with Crippen LogP contribution in [0.1, 0.15) is 16.8 Å². The molecule has 1 aromatic carbocycles. The van der Waals surface area contributed by atoms with Crippen LogP contribution in [0.5, 0.6) is 0 Å². The van der Waals surface area contributed by atoms with Gasteiger partial charge >= 0.3 is 0 Å². The molecule has 3 rings (SSSR count). The summed E-state index contributed by atoms with van der Waals surface area (Å²) in [7, 11) is 0. The van der Waals surface area contributed by atoms with Crippen molar-refractivity contribution in [1.82, 2.24) is 15.2 Å². The Balaban J connectivity index is 0.00000156. The third-order valence-corrected chi connectivity index (χ3v) is 5.16. The number of hydrogen-bond donors (Lipinski definition) is 1. The average Bonchev–Trinajstić information content (AvgIpc) is 2.86. The van der Waals surface area contributed by atoms with E-state index in [9.17, 15) is 4.79 Å². The van der Waals surface area contributed by atoms with Crippen LogP contribution in [0.15, 0.2) is 57.0 Å². The number of nitrogens with zero attached hydrogens (tertiary/aromatic N) is 2. The van der Waals surface area contributed by atoms with Gasteiger partial charge in [0.05, 0.1) is 5.56 Å². The molecule has 0 bridgehead atoms. The molecule has 25 heavy (non-hydrogen) atoms. The number of carbonyl (C=O) groups excluding carboxylic acids is 1. The first-order chi connectivity index (χ1) is 11.2. The van der Waals surface area contributed by atoms with Gasteiger partial charge in [0.25, 0.3) is 5.91 Å². The number of carbonyl (C=O) groups is 1. The first-order valence-corrected chi connectivity index (χ1v) is 9.23. The summed E-state index contributed by atoms with van der Waals surface area (Å²) >= 11 is 4.91. The zero-order chi connectivity index (χ0) is 16.1. The van der Waals surface area contributed by atoms with E-state index in [0.717, 1.165) is 52.6 Å². The second-order valence-electron chi connectivity index (χ2n) is 5.31. The second kappa shape index (κ2) is 11.0. The van der Waals surface area contributed by atoms with Gasteiger partial charge in [-0.15, -0.1) is 24.8 Å². The Morgan fingerprint density at radius 3 is 2.68 bits per heavy atom. The van der Waals surface area contributed by atoms with Gasteiger partial charge < -0.3 is 10.2 Å².